The number of phenols is 2. The first kappa shape index (κ1) is 16.8. The molecule has 0 spiro atoms. The Labute approximate surface area is 167 Å². The molecule has 28 heavy (non-hydrogen) atoms. The Balaban J connectivity index is 1.77. The lowest BCUT2D eigenvalue weighted by atomic mass is 9.96. The molecule has 136 valence electrons. The van der Waals surface area contributed by atoms with E-state index in [1.165, 1.54) is 0 Å². The Morgan fingerprint density at radius 1 is 0.714 bits per heavy atom. The number of nitrogens with zero attached hydrogens (tertiary/aromatic N) is 1. The first-order valence-corrected chi connectivity index (χ1v) is 9.38. The lowest BCUT2D eigenvalue weighted by Gasteiger charge is -2.12. The average Bonchev–Trinajstić information content (AvgIpc) is 3.06. The van der Waals surface area contributed by atoms with Crippen LogP contribution in [0.4, 0.5) is 0 Å². The van der Waals surface area contributed by atoms with E-state index >= 15 is 0 Å². The summed E-state index contributed by atoms with van der Waals surface area (Å²) in [6.45, 7) is 0. The van der Waals surface area contributed by atoms with Crippen molar-refractivity contribution in [1.29, 1.82) is 0 Å². The first-order valence-electron chi connectivity index (χ1n) is 9.00. The van der Waals surface area contributed by atoms with Gasteiger partial charge < -0.3 is 10.2 Å². The van der Waals surface area contributed by atoms with Crippen LogP contribution in [0.5, 0.6) is 11.5 Å². The molecule has 0 atom stereocenters. The molecule has 0 aliphatic heterocycles. The zero-order valence-corrected chi connectivity index (χ0v) is 15.6. The van der Waals surface area contributed by atoms with Gasteiger partial charge in [-0.25, -0.2) is 4.98 Å². The van der Waals surface area contributed by atoms with Gasteiger partial charge in [-0.1, -0.05) is 29.8 Å². The summed E-state index contributed by atoms with van der Waals surface area (Å²) in [5.41, 5.74) is 8.06. The number of halogens is 1. The number of fused-ring (bicyclic) bond motifs is 3. The van der Waals surface area contributed by atoms with Crippen LogP contribution < -0.4 is 0 Å². The van der Waals surface area contributed by atoms with Crippen molar-refractivity contribution in [2.75, 3.05) is 0 Å². The van der Waals surface area contributed by atoms with Gasteiger partial charge >= 0.3 is 0 Å². The minimum atomic E-state index is 0.220. The van der Waals surface area contributed by atoms with Crippen molar-refractivity contribution in [3.05, 3.63) is 88.9 Å². The number of benzene rings is 3. The van der Waals surface area contributed by atoms with Crippen LogP contribution in [-0.2, 0) is 6.42 Å². The highest BCUT2D eigenvalue weighted by molar-refractivity contribution is 6.30. The Morgan fingerprint density at radius 2 is 1.39 bits per heavy atom. The largest absolute Gasteiger partial charge is 0.508 e. The predicted octanol–water partition coefficient (Wildman–Crippen LogP) is 6.05. The summed E-state index contributed by atoms with van der Waals surface area (Å²) in [5.74, 6) is 0.453. The summed E-state index contributed by atoms with van der Waals surface area (Å²) in [6, 6.07) is 22.4. The van der Waals surface area contributed by atoms with Crippen LogP contribution in [0.15, 0.2) is 72.8 Å². The fourth-order valence-electron chi connectivity index (χ4n) is 3.77. The standard InChI is InChI=1S/C24H16ClNO2/c25-17-6-1-14(2-7-17)20-13-23(15-3-8-18(27)9-4-15)26-24-21-12-19(28)10-5-16(21)11-22(20)24/h1-10,12-13,27-28H,11H2. The summed E-state index contributed by atoms with van der Waals surface area (Å²) < 4.78 is 0. The molecule has 3 nitrogen and oxygen atoms in total. The number of aromatic nitrogens is 1. The van der Waals surface area contributed by atoms with Gasteiger partial charge in [-0.05, 0) is 76.9 Å². The summed E-state index contributed by atoms with van der Waals surface area (Å²) in [6.07, 6.45) is 0.770. The second kappa shape index (κ2) is 6.39. The number of phenolic OH excluding ortho intramolecular Hbond substituents is 2. The molecule has 1 aromatic heterocycles. The van der Waals surface area contributed by atoms with E-state index in [1.807, 2.05) is 42.5 Å². The average molecular weight is 386 g/mol. The highest BCUT2D eigenvalue weighted by Crippen LogP contribution is 2.43. The summed E-state index contributed by atoms with van der Waals surface area (Å²) >= 11 is 6.09. The Hall–Kier alpha value is -3.30. The van der Waals surface area contributed by atoms with Gasteiger partial charge in [0.1, 0.15) is 11.5 Å². The minimum absolute atomic E-state index is 0.220. The molecular formula is C24H16ClNO2. The second-order valence-corrected chi connectivity index (χ2v) is 7.39. The molecule has 0 radical (unpaired) electrons. The number of aromatic hydroxyl groups is 2. The molecule has 1 aliphatic carbocycles. The van der Waals surface area contributed by atoms with Gasteiger partial charge in [0.2, 0.25) is 0 Å². The molecule has 0 amide bonds. The lowest BCUT2D eigenvalue weighted by Crippen LogP contribution is -1.94. The van der Waals surface area contributed by atoms with Gasteiger partial charge in [-0.15, -0.1) is 0 Å². The number of rotatable bonds is 2. The van der Waals surface area contributed by atoms with Crippen LogP contribution in [0.25, 0.3) is 33.6 Å². The van der Waals surface area contributed by atoms with Crippen LogP contribution in [0.1, 0.15) is 11.1 Å². The van der Waals surface area contributed by atoms with Gasteiger partial charge in [-0.3, -0.25) is 0 Å². The van der Waals surface area contributed by atoms with E-state index in [-0.39, 0.29) is 11.5 Å². The SMILES string of the molecule is Oc1ccc(-c2cc(-c3ccc(Cl)cc3)c3c(n2)-c2cc(O)ccc2C3)cc1. The van der Waals surface area contributed by atoms with E-state index in [4.69, 9.17) is 16.6 Å². The Kier molecular flexibility index (Phi) is 3.85. The Bertz CT molecular complexity index is 1200. The van der Waals surface area contributed by atoms with E-state index in [2.05, 4.69) is 6.07 Å². The monoisotopic (exact) mass is 385 g/mol. The van der Waals surface area contributed by atoms with Crippen molar-refractivity contribution < 1.29 is 10.2 Å². The third-order valence-corrected chi connectivity index (χ3v) is 5.41. The highest BCUT2D eigenvalue weighted by atomic mass is 35.5. The van der Waals surface area contributed by atoms with Crippen molar-refractivity contribution in [3.8, 4) is 45.1 Å². The first-order chi connectivity index (χ1) is 13.6. The molecule has 0 fully saturated rings. The van der Waals surface area contributed by atoms with Crippen LogP contribution in [0.3, 0.4) is 0 Å². The number of pyridine rings is 1. The predicted molar refractivity (Wildman–Crippen MR) is 112 cm³/mol. The summed E-state index contributed by atoms with van der Waals surface area (Å²) in [5, 5.41) is 20.3. The van der Waals surface area contributed by atoms with Crippen molar-refractivity contribution in [2.24, 2.45) is 0 Å². The fraction of sp³-hybridized carbons (Fsp3) is 0.0417. The van der Waals surface area contributed by atoms with Crippen molar-refractivity contribution in [2.45, 2.75) is 6.42 Å². The third-order valence-electron chi connectivity index (χ3n) is 5.16. The molecule has 0 unspecified atom stereocenters. The van der Waals surface area contributed by atoms with E-state index < -0.39 is 0 Å². The van der Waals surface area contributed by atoms with E-state index in [1.54, 1.807) is 24.3 Å². The van der Waals surface area contributed by atoms with Gasteiger partial charge in [0.05, 0.1) is 11.4 Å². The smallest absolute Gasteiger partial charge is 0.116 e. The second-order valence-electron chi connectivity index (χ2n) is 6.95. The van der Waals surface area contributed by atoms with Gasteiger partial charge in [-0.2, -0.15) is 0 Å². The molecule has 1 aliphatic rings. The molecule has 5 rings (SSSR count). The van der Waals surface area contributed by atoms with Gasteiger partial charge in [0.15, 0.2) is 0 Å². The molecule has 4 heteroatoms. The van der Waals surface area contributed by atoms with Crippen molar-refractivity contribution in [3.63, 3.8) is 0 Å². The summed E-state index contributed by atoms with van der Waals surface area (Å²) in [7, 11) is 0. The maximum atomic E-state index is 9.99. The van der Waals surface area contributed by atoms with Crippen molar-refractivity contribution in [1.82, 2.24) is 4.98 Å². The highest BCUT2D eigenvalue weighted by Gasteiger charge is 2.25. The summed E-state index contributed by atoms with van der Waals surface area (Å²) in [4.78, 5) is 4.92. The van der Waals surface area contributed by atoms with E-state index in [0.29, 0.717) is 5.02 Å². The van der Waals surface area contributed by atoms with Gasteiger partial charge in [0.25, 0.3) is 0 Å². The third kappa shape index (κ3) is 2.81. The van der Waals surface area contributed by atoms with Crippen LogP contribution >= 0.6 is 11.6 Å². The molecule has 4 aromatic rings. The molecule has 2 N–H and O–H groups in total. The Morgan fingerprint density at radius 3 is 2.14 bits per heavy atom. The minimum Gasteiger partial charge on any atom is -0.508 e. The maximum Gasteiger partial charge on any atom is 0.116 e. The van der Waals surface area contributed by atoms with Gasteiger partial charge in [0, 0.05) is 22.6 Å². The normalized spacial score (nSPS) is 11.9. The molecule has 0 saturated carbocycles. The molecule has 1 heterocycles. The lowest BCUT2D eigenvalue weighted by molar-refractivity contribution is 0.475. The van der Waals surface area contributed by atoms with Crippen LogP contribution in [0.2, 0.25) is 5.02 Å². The van der Waals surface area contributed by atoms with E-state index in [9.17, 15) is 10.2 Å². The number of hydrogen-bond donors (Lipinski definition) is 2. The topological polar surface area (TPSA) is 53.4 Å². The van der Waals surface area contributed by atoms with Crippen molar-refractivity contribution >= 4 is 11.6 Å². The molecular weight excluding hydrogens is 370 g/mol. The fourth-order valence-corrected chi connectivity index (χ4v) is 3.90. The zero-order chi connectivity index (χ0) is 19.3. The maximum absolute atomic E-state index is 9.99. The molecule has 3 aromatic carbocycles. The zero-order valence-electron chi connectivity index (χ0n) is 14.9. The molecule has 0 bridgehead atoms. The van der Waals surface area contributed by atoms with E-state index in [0.717, 1.165) is 51.2 Å². The molecule has 0 saturated heterocycles. The number of hydrogen-bond acceptors (Lipinski definition) is 3. The quantitative estimate of drug-likeness (QED) is 0.389. The van der Waals surface area contributed by atoms with Crippen LogP contribution in [-0.4, -0.2) is 15.2 Å². The van der Waals surface area contributed by atoms with Crippen LogP contribution in [0, 0.1) is 0 Å².